The third kappa shape index (κ3) is 6.52. The van der Waals surface area contributed by atoms with Crippen molar-refractivity contribution < 1.29 is 35.4 Å². The van der Waals surface area contributed by atoms with Gasteiger partial charge in [0, 0.05) is 30.8 Å². The summed E-state index contributed by atoms with van der Waals surface area (Å²) in [6.45, 7) is 15.0. The molecule has 2 aliphatic rings. The second-order valence-corrected chi connectivity index (χ2v) is 14.7. The Morgan fingerprint density at radius 1 is 0.974 bits per heavy atom. The third-order valence-corrected chi connectivity index (χ3v) is 11.6. The van der Waals surface area contributed by atoms with Crippen molar-refractivity contribution in [3.05, 3.63) is 16.7 Å². The number of fused-ring (bicyclic) bond motifs is 2. The summed E-state index contributed by atoms with van der Waals surface area (Å²) in [5, 5.41) is 0. The van der Waals surface area contributed by atoms with Crippen LogP contribution in [0.5, 0.6) is 0 Å². The molecule has 2 fully saturated rings. The summed E-state index contributed by atoms with van der Waals surface area (Å²) in [6.07, 6.45) is -0.952. The molecule has 2 saturated heterocycles. The van der Waals surface area contributed by atoms with E-state index in [1.807, 2.05) is 55.4 Å². The van der Waals surface area contributed by atoms with E-state index in [0.717, 1.165) is 0 Å². The molecular formula is C22H39N5O9Si2. The minimum atomic E-state index is -3.94. The van der Waals surface area contributed by atoms with Crippen LogP contribution in [0.1, 0.15) is 68.0 Å². The van der Waals surface area contributed by atoms with Gasteiger partial charge in [0.25, 0.3) is 5.56 Å². The fraction of sp³-hybridized carbons (Fsp3) is 0.773. The third-order valence-electron chi connectivity index (χ3n) is 5.43. The van der Waals surface area contributed by atoms with Gasteiger partial charge < -0.3 is 41.1 Å². The SMILES string of the molecule is CC(C)O[Si]1(OC(C)C)OC[C@H]2O[C@@H](n3cnc4c(=O)[15nH]c(N)nc43)C[C@@H]2O[Si](OC(C)C)(OC(C)C)O1. The number of H-pyrrole nitrogens is 1. The second kappa shape index (κ2) is 11.4. The number of ether oxygens (including phenoxy) is 1. The van der Waals surface area contributed by atoms with E-state index in [9.17, 15) is 4.79 Å². The van der Waals surface area contributed by atoms with E-state index < -0.39 is 42.1 Å². The number of nitrogens with one attached hydrogen (secondary N) is 1. The predicted octanol–water partition coefficient (Wildman–Crippen LogP) is 1.99. The zero-order valence-electron chi connectivity index (χ0n) is 23.1. The Hall–Kier alpha value is -1.74. The Balaban J connectivity index is 1.73. The van der Waals surface area contributed by atoms with Crippen LogP contribution in [-0.4, -0.2) is 80.8 Å². The molecule has 0 spiro atoms. The normalized spacial score (nSPS) is 25.4. The Morgan fingerprint density at radius 3 is 2.13 bits per heavy atom. The highest BCUT2D eigenvalue weighted by Crippen LogP contribution is 2.38. The molecule has 3 atom stereocenters. The first kappa shape index (κ1) is 29.3. The van der Waals surface area contributed by atoms with Gasteiger partial charge in [0.1, 0.15) is 12.3 Å². The van der Waals surface area contributed by atoms with Crippen LogP contribution in [0, 0.1) is 0 Å². The topological polar surface area (TPSA) is 163 Å². The van der Waals surface area contributed by atoms with Crippen molar-refractivity contribution in [1.29, 1.82) is 0 Å². The van der Waals surface area contributed by atoms with E-state index in [0.29, 0.717) is 12.1 Å². The summed E-state index contributed by atoms with van der Waals surface area (Å²) in [5.74, 6) is -0.0178. The molecule has 0 amide bonds. The number of rotatable bonds is 9. The molecule has 214 valence electrons. The first-order valence-electron chi connectivity index (χ1n) is 12.9. The lowest BCUT2D eigenvalue weighted by Gasteiger charge is -2.42. The van der Waals surface area contributed by atoms with Crippen molar-refractivity contribution in [1.82, 2.24) is 19.5 Å². The van der Waals surface area contributed by atoms with E-state index in [1.165, 1.54) is 6.33 Å². The van der Waals surface area contributed by atoms with Gasteiger partial charge in [-0.25, -0.2) is 4.98 Å². The van der Waals surface area contributed by atoms with E-state index in [2.05, 4.69) is 15.0 Å². The van der Waals surface area contributed by atoms with Crippen molar-refractivity contribution in [2.45, 2.75) is 105 Å². The van der Waals surface area contributed by atoms with Gasteiger partial charge in [0.2, 0.25) is 5.95 Å². The quantitative estimate of drug-likeness (QED) is 0.419. The van der Waals surface area contributed by atoms with Crippen LogP contribution in [-0.2, 0) is 35.4 Å². The molecule has 0 bridgehead atoms. The van der Waals surface area contributed by atoms with E-state index in [1.54, 1.807) is 4.57 Å². The Labute approximate surface area is 224 Å². The molecule has 16 heteroatoms. The lowest BCUT2D eigenvalue weighted by atomic mass is 10.2. The number of anilines is 1. The Morgan fingerprint density at radius 2 is 1.55 bits per heavy atom. The second-order valence-electron chi connectivity index (χ2n) is 10.4. The molecule has 0 radical (unpaired) electrons. The van der Waals surface area contributed by atoms with Crippen LogP contribution in [0.4, 0.5) is 5.95 Å². The van der Waals surface area contributed by atoms with Crippen molar-refractivity contribution in [2.75, 3.05) is 12.3 Å². The highest BCUT2D eigenvalue weighted by molar-refractivity contribution is 6.68. The summed E-state index contributed by atoms with van der Waals surface area (Å²) < 4.78 is 52.6. The lowest BCUT2D eigenvalue weighted by Crippen LogP contribution is -2.67. The zero-order chi connectivity index (χ0) is 27.8. The molecule has 38 heavy (non-hydrogen) atoms. The molecule has 4 rings (SSSR count). The summed E-state index contributed by atoms with van der Waals surface area (Å²) >= 11 is 0. The molecule has 0 saturated carbocycles. The minimum absolute atomic E-state index is 0.0178. The number of nitrogen functional groups attached to an aromatic ring is 1. The minimum Gasteiger partial charge on any atom is -0.369 e. The van der Waals surface area contributed by atoms with Crippen molar-refractivity contribution in [3.8, 4) is 0 Å². The number of imidazole rings is 1. The summed E-state index contributed by atoms with van der Waals surface area (Å²) in [4.78, 5) is 23.2. The van der Waals surface area contributed by atoms with Gasteiger partial charge in [-0.15, -0.1) is 0 Å². The zero-order valence-corrected chi connectivity index (χ0v) is 25.1. The number of hydrogen-bond donors (Lipinski definition) is 2. The molecule has 2 aromatic heterocycles. The maximum atomic E-state index is 12.3. The van der Waals surface area contributed by atoms with Crippen LogP contribution in [0.15, 0.2) is 11.1 Å². The fourth-order valence-electron chi connectivity index (χ4n) is 4.31. The van der Waals surface area contributed by atoms with Crippen LogP contribution in [0.2, 0.25) is 0 Å². The maximum absolute atomic E-state index is 12.3. The van der Waals surface area contributed by atoms with Gasteiger partial charge in [0.05, 0.1) is 19.0 Å². The smallest absolute Gasteiger partial charge is 0.369 e. The lowest BCUT2D eigenvalue weighted by molar-refractivity contribution is -0.144. The van der Waals surface area contributed by atoms with Crippen LogP contribution in [0.3, 0.4) is 0 Å². The van der Waals surface area contributed by atoms with Gasteiger partial charge in [-0.3, -0.25) is 14.3 Å². The molecule has 14 nitrogen and oxygen atoms in total. The molecular weight excluding hydrogens is 535 g/mol. The van der Waals surface area contributed by atoms with Crippen LogP contribution in [0.25, 0.3) is 11.2 Å². The molecule has 4 heterocycles. The van der Waals surface area contributed by atoms with E-state index in [-0.39, 0.29) is 42.5 Å². The standard InChI is InChI=1S/C22H39N5O9Si2/c1-12(2)31-37(32-13(3)4)29-10-17-16(35-38(36-37,33-14(5)6)34-15(7)8)9-18(30-17)27-11-24-19-20(27)25-22(23)26-21(19)28/h11-18H,9-10H2,1-8H3,(H3,23,25,26,28)/t16-,17+,18+/m0/s1/i26+1. The molecule has 0 aromatic carbocycles. The van der Waals surface area contributed by atoms with Crippen molar-refractivity contribution in [3.63, 3.8) is 0 Å². The molecule has 0 aliphatic carbocycles. The molecule has 3 N–H and O–H groups in total. The van der Waals surface area contributed by atoms with Gasteiger partial charge in [-0.05, 0) is 55.4 Å². The predicted molar refractivity (Wildman–Crippen MR) is 139 cm³/mol. The maximum Gasteiger partial charge on any atom is 0.674 e. The van der Waals surface area contributed by atoms with E-state index in [4.69, 9.17) is 41.1 Å². The van der Waals surface area contributed by atoms with Gasteiger partial charge >= 0.3 is 18.1 Å². The number of nitrogens with two attached hydrogens (primary N) is 1. The Kier molecular flexibility index (Phi) is 8.78. The monoisotopic (exact) mass is 574 g/mol. The molecule has 2 aromatic rings. The first-order chi connectivity index (χ1) is 17.8. The van der Waals surface area contributed by atoms with Crippen LogP contribution >= 0.6 is 0 Å². The van der Waals surface area contributed by atoms with E-state index >= 15 is 0 Å². The summed E-state index contributed by atoms with van der Waals surface area (Å²) in [6, 6.07) is 0. The van der Waals surface area contributed by atoms with Crippen LogP contribution < -0.4 is 11.3 Å². The average Bonchev–Trinajstić information content (AvgIpc) is 3.32. The fourth-order valence-corrected chi connectivity index (χ4v) is 10.4. The largest absolute Gasteiger partial charge is 0.674 e. The summed E-state index contributed by atoms with van der Waals surface area (Å²) in [5.41, 5.74) is 5.81. The van der Waals surface area contributed by atoms with Gasteiger partial charge in [-0.1, -0.05) is 0 Å². The van der Waals surface area contributed by atoms with Gasteiger partial charge in [-0.2, -0.15) is 4.98 Å². The summed E-state index contributed by atoms with van der Waals surface area (Å²) in [7, 11) is -7.80. The highest BCUT2D eigenvalue weighted by Gasteiger charge is 2.65. The number of aromatic amines is 1. The van der Waals surface area contributed by atoms with Crippen molar-refractivity contribution in [2.24, 2.45) is 0 Å². The average molecular weight is 575 g/mol. The highest BCUT2D eigenvalue weighted by atomic mass is 28.5. The van der Waals surface area contributed by atoms with Gasteiger partial charge in [0.15, 0.2) is 11.2 Å². The van der Waals surface area contributed by atoms with Crippen molar-refractivity contribution >= 4 is 35.2 Å². The molecule has 2 aliphatic heterocycles. The molecule has 0 unspecified atom stereocenters. The Bertz CT molecular complexity index is 1140. The first-order valence-corrected chi connectivity index (χ1v) is 16.2. The number of aromatic nitrogens is 4. The number of hydrogen-bond acceptors (Lipinski definition) is 12. The number of nitrogens with zero attached hydrogens (tertiary/aromatic N) is 3.